The van der Waals surface area contributed by atoms with Gasteiger partial charge in [0.05, 0.1) is 0 Å². The Hall–Kier alpha value is -1.21. The van der Waals surface area contributed by atoms with Gasteiger partial charge in [-0.1, -0.05) is 11.6 Å². The molecule has 4 nitrogen and oxygen atoms in total. The Morgan fingerprint density at radius 1 is 1.33 bits per heavy atom. The molecule has 1 aromatic rings. The Morgan fingerprint density at radius 2 is 1.83 bits per heavy atom. The Labute approximate surface area is 110 Å². The zero-order valence-electron chi connectivity index (χ0n) is 9.15. The number of pyridine rings is 1. The number of carbonyl (C=O) groups is 1. The maximum absolute atomic E-state index is 12.1. The van der Waals surface area contributed by atoms with Crippen LogP contribution in [0.2, 0.25) is 10.2 Å². The van der Waals surface area contributed by atoms with Crippen molar-refractivity contribution in [3.05, 3.63) is 26.6 Å². The number of rotatable bonds is 1. The normalized spacial score (nSPS) is 11.5. The SMILES string of the molecule is Cc1c(Cl)c(C)[n+]([O-])c(Cl)c1NC(=O)C(F)(F)F. The number of nitrogens with one attached hydrogen (secondary N) is 1. The molecule has 0 unspecified atom stereocenters. The van der Waals surface area contributed by atoms with E-state index in [4.69, 9.17) is 23.2 Å². The van der Waals surface area contributed by atoms with Crippen LogP contribution in [0.3, 0.4) is 0 Å². The molecule has 0 bridgehead atoms. The molecule has 0 fully saturated rings. The largest absolute Gasteiger partial charge is 0.617 e. The van der Waals surface area contributed by atoms with Gasteiger partial charge in [-0.3, -0.25) is 4.79 Å². The maximum Gasteiger partial charge on any atom is 0.471 e. The lowest BCUT2D eigenvalue weighted by atomic mass is 10.2. The van der Waals surface area contributed by atoms with Crippen molar-refractivity contribution in [2.24, 2.45) is 0 Å². The number of aromatic nitrogens is 1. The van der Waals surface area contributed by atoms with E-state index >= 15 is 0 Å². The molecule has 1 aromatic heterocycles. The molecule has 0 saturated heterocycles. The Morgan fingerprint density at radius 3 is 2.28 bits per heavy atom. The van der Waals surface area contributed by atoms with Crippen LogP contribution in [0.5, 0.6) is 0 Å². The van der Waals surface area contributed by atoms with Crippen LogP contribution in [0.15, 0.2) is 0 Å². The van der Waals surface area contributed by atoms with Crippen molar-refractivity contribution in [2.75, 3.05) is 5.32 Å². The molecule has 100 valence electrons. The Balaban J connectivity index is 3.31. The summed E-state index contributed by atoms with van der Waals surface area (Å²) in [5.41, 5.74) is -0.336. The average Bonchev–Trinajstić information content (AvgIpc) is 2.28. The Bertz CT molecular complexity index is 489. The third kappa shape index (κ3) is 2.62. The van der Waals surface area contributed by atoms with Gasteiger partial charge in [0.15, 0.2) is 0 Å². The molecule has 0 spiro atoms. The number of hydrogen-bond donors (Lipinski definition) is 1. The lowest BCUT2D eigenvalue weighted by molar-refractivity contribution is -0.609. The number of carbonyl (C=O) groups excluding carboxylic acids is 1. The summed E-state index contributed by atoms with van der Waals surface area (Å²) < 4.78 is 36.5. The summed E-state index contributed by atoms with van der Waals surface area (Å²) >= 11 is 11.3. The summed E-state index contributed by atoms with van der Waals surface area (Å²) in [6, 6.07) is 0. The van der Waals surface area contributed by atoms with Crippen LogP contribution in [0.4, 0.5) is 18.9 Å². The van der Waals surface area contributed by atoms with Gasteiger partial charge < -0.3 is 10.5 Å². The monoisotopic (exact) mass is 302 g/mol. The molecule has 18 heavy (non-hydrogen) atoms. The minimum atomic E-state index is -5.08. The first-order valence-corrected chi connectivity index (χ1v) is 5.28. The number of nitrogens with zero attached hydrogens (tertiary/aromatic N) is 1. The van der Waals surface area contributed by atoms with Crippen LogP contribution in [0, 0.1) is 19.1 Å². The quantitative estimate of drug-likeness (QED) is 0.493. The molecule has 0 saturated carbocycles. The van der Waals surface area contributed by atoms with Crippen LogP contribution >= 0.6 is 23.2 Å². The van der Waals surface area contributed by atoms with Gasteiger partial charge in [0, 0.05) is 12.5 Å². The summed E-state index contributed by atoms with van der Waals surface area (Å²) in [6.07, 6.45) is -5.08. The molecule has 0 atom stereocenters. The minimum Gasteiger partial charge on any atom is -0.617 e. The van der Waals surface area contributed by atoms with E-state index in [0.717, 1.165) is 0 Å². The van der Waals surface area contributed by atoms with Gasteiger partial charge >= 0.3 is 17.2 Å². The van der Waals surface area contributed by atoms with Gasteiger partial charge in [0.25, 0.3) is 0 Å². The standard InChI is InChI=1S/C9H7Cl2F3N2O2/c1-3-5(10)4(2)16(18)7(11)6(3)15-8(17)9(12,13)14/h1-2H3,(H,15,17). The van der Waals surface area contributed by atoms with Crippen molar-refractivity contribution in [1.29, 1.82) is 0 Å². The smallest absolute Gasteiger partial charge is 0.471 e. The van der Waals surface area contributed by atoms with Gasteiger partial charge in [-0.25, -0.2) is 0 Å². The predicted octanol–water partition coefficient (Wildman–Crippen LogP) is 2.74. The van der Waals surface area contributed by atoms with Crippen LogP contribution < -0.4 is 10.0 Å². The van der Waals surface area contributed by atoms with Gasteiger partial charge in [-0.05, 0) is 18.5 Å². The highest BCUT2D eigenvalue weighted by Crippen LogP contribution is 2.31. The van der Waals surface area contributed by atoms with Gasteiger partial charge in [0.1, 0.15) is 10.7 Å². The summed E-state index contributed by atoms with van der Waals surface area (Å²) in [4.78, 5) is 10.8. The molecule has 1 N–H and O–H groups in total. The zero-order valence-corrected chi connectivity index (χ0v) is 10.7. The second kappa shape index (κ2) is 4.81. The van der Waals surface area contributed by atoms with E-state index in [1.165, 1.54) is 19.2 Å². The van der Waals surface area contributed by atoms with Gasteiger partial charge in [-0.2, -0.15) is 17.9 Å². The molecular formula is C9H7Cl2F3N2O2. The number of hydrogen-bond acceptors (Lipinski definition) is 2. The topological polar surface area (TPSA) is 56.0 Å². The predicted molar refractivity (Wildman–Crippen MR) is 59.6 cm³/mol. The lowest BCUT2D eigenvalue weighted by Crippen LogP contribution is -2.36. The van der Waals surface area contributed by atoms with Crippen LogP contribution in [-0.2, 0) is 4.79 Å². The molecule has 0 radical (unpaired) electrons. The van der Waals surface area contributed by atoms with E-state index in [-0.39, 0.29) is 21.0 Å². The summed E-state index contributed by atoms with van der Waals surface area (Å²) in [5.74, 6) is -2.23. The molecule has 1 amide bonds. The van der Waals surface area contributed by atoms with Crippen molar-refractivity contribution in [2.45, 2.75) is 20.0 Å². The van der Waals surface area contributed by atoms with Crippen LogP contribution in [0.25, 0.3) is 0 Å². The van der Waals surface area contributed by atoms with Crippen molar-refractivity contribution in [3.63, 3.8) is 0 Å². The number of amides is 1. The highest BCUT2D eigenvalue weighted by Gasteiger charge is 2.40. The lowest BCUT2D eigenvalue weighted by Gasteiger charge is -2.14. The van der Waals surface area contributed by atoms with Gasteiger partial charge in [0.2, 0.25) is 5.69 Å². The fourth-order valence-corrected chi connectivity index (χ4v) is 1.69. The fraction of sp³-hybridized carbons (Fsp3) is 0.333. The summed E-state index contributed by atoms with van der Waals surface area (Å²) in [6.45, 7) is 2.69. The van der Waals surface area contributed by atoms with E-state index in [1.54, 1.807) is 0 Å². The highest BCUT2D eigenvalue weighted by molar-refractivity contribution is 6.35. The number of anilines is 1. The maximum atomic E-state index is 12.1. The van der Waals surface area contributed by atoms with E-state index in [9.17, 15) is 23.2 Å². The van der Waals surface area contributed by atoms with E-state index in [2.05, 4.69) is 0 Å². The van der Waals surface area contributed by atoms with Gasteiger partial charge in [-0.15, -0.1) is 0 Å². The van der Waals surface area contributed by atoms with Crippen molar-refractivity contribution >= 4 is 34.8 Å². The third-order valence-corrected chi connectivity index (χ3v) is 3.11. The highest BCUT2D eigenvalue weighted by atomic mass is 35.5. The first-order chi connectivity index (χ1) is 8.07. The minimum absolute atomic E-state index is 0.0316. The zero-order chi connectivity index (χ0) is 14.2. The van der Waals surface area contributed by atoms with Crippen molar-refractivity contribution in [1.82, 2.24) is 0 Å². The summed E-state index contributed by atoms with van der Waals surface area (Å²) in [7, 11) is 0. The van der Waals surface area contributed by atoms with Crippen LogP contribution in [-0.4, -0.2) is 12.1 Å². The van der Waals surface area contributed by atoms with Crippen LogP contribution in [0.1, 0.15) is 11.3 Å². The van der Waals surface area contributed by atoms with Crippen molar-refractivity contribution < 1.29 is 22.7 Å². The third-order valence-electron chi connectivity index (χ3n) is 2.21. The fourth-order valence-electron chi connectivity index (χ4n) is 1.20. The molecule has 0 aliphatic heterocycles. The van der Waals surface area contributed by atoms with E-state index in [0.29, 0.717) is 0 Å². The second-order valence-corrected chi connectivity index (χ2v) is 4.17. The molecule has 0 aliphatic carbocycles. The summed E-state index contributed by atoms with van der Waals surface area (Å²) in [5, 5.41) is 12.3. The number of alkyl halides is 3. The van der Waals surface area contributed by atoms with Crippen molar-refractivity contribution in [3.8, 4) is 0 Å². The molecule has 1 heterocycles. The molecule has 0 aromatic carbocycles. The average molecular weight is 303 g/mol. The molecule has 1 rings (SSSR count). The number of halogens is 5. The molecule has 0 aliphatic rings. The second-order valence-electron chi connectivity index (χ2n) is 3.44. The van der Waals surface area contributed by atoms with E-state index in [1.807, 2.05) is 0 Å². The Kier molecular flexibility index (Phi) is 3.97. The molecular weight excluding hydrogens is 296 g/mol. The first-order valence-electron chi connectivity index (χ1n) is 4.53. The first kappa shape index (κ1) is 14.8. The molecule has 9 heteroatoms. The van der Waals surface area contributed by atoms with E-state index < -0.39 is 22.9 Å².